The van der Waals surface area contributed by atoms with Crippen molar-refractivity contribution in [1.29, 1.82) is 0 Å². The Bertz CT molecular complexity index is 836. The van der Waals surface area contributed by atoms with Crippen LogP contribution in [0.25, 0.3) is 0 Å². The fourth-order valence-electron chi connectivity index (χ4n) is 2.21. The Labute approximate surface area is 162 Å². The van der Waals surface area contributed by atoms with Crippen LogP contribution in [-0.2, 0) is 32.5 Å². The smallest absolute Gasteiger partial charge is 0.408 e. The first-order valence-electron chi connectivity index (χ1n) is 8.27. The van der Waals surface area contributed by atoms with Gasteiger partial charge in [-0.2, -0.15) is 11.3 Å². The van der Waals surface area contributed by atoms with Crippen LogP contribution in [0.15, 0.2) is 47.2 Å². The van der Waals surface area contributed by atoms with Crippen molar-refractivity contribution >= 4 is 33.2 Å². The molecule has 1 unspecified atom stereocenters. The number of hydrogen-bond donors (Lipinski definition) is 2. The number of rotatable bonds is 9. The molecule has 2 aromatic rings. The predicted molar refractivity (Wildman–Crippen MR) is 104 cm³/mol. The first kappa shape index (κ1) is 20.9. The third-order valence-corrected chi connectivity index (χ3v) is 5.35. The average Bonchev–Trinajstić information content (AvgIpc) is 3.15. The van der Waals surface area contributed by atoms with Crippen LogP contribution >= 0.6 is 11.3 Å². The number of sulfone groups is 1. The second-order valence-corrected chi connectivity index (χ2v) is 9.07. The summed E-state index contributed by atoms with van der Waals surface area (Å²) >= 11 is 1.51. The van der Waals surface area contributed by atoms with Crippen LogP contribution in [0.1, 0.15) is 17.5 Å². The number of benzene rings is 1. The second kappa shape index (κ2) is 10.1. The van der Waals surface area contributed by atoms with E-state index in [9.17, 15) is 18.0 Å². The van der Waals surface area contributed by atoms with Crippen LogP contribution in [0.3, 0.4) is 0 Å². The van der Waals surface area contributed by atoms with E-state index in [-0.39, 0.29) is 18.8 Å². The van der Waals surface area contributed by atoms with E-state index in [0.717, 1.165) is 17.4 Å². The van der Waals surface area contributed by atoms with Crippen molar-refractivity contribution in [3.05, 3.63) is 58.3 Å². The van der Waals surface area contributed by atoms with E-state index >= 15 is 0 Å². The summed E-state index contributed by atoms with van der Waals surface area (Å²) < 4.78 is 28.0. The summed E-state index contributed by atoms with van der Waals surface area (Å²) in [6.45, 7) is 0.362. The zero-order chi connectivity index (χ0) is 19.7. The molecule has 1 aromatic carbocycles. The summed E-state index contributed by atoms with van der Waals surface area (Å²) in [7, 11) is -3.27. The number of thiophene rings is 1. The lowest BCUT2D eigenvalue weighted by Gasteiger charge is -2.18. The van der Waals surface area contributed by atoms with E-state index in [1.54, 1.807) is 0 Å². The van der Waals surface area contributed by atoms with Crippen LogP contribution < -0.4 is 10.6 Å². The molecule has 7 nitrogen and oxygen atoms in total. The molecule has 9 heteroatoms. The summed E-state index contributed by atoms with van der Waals surface area (Å²) in [6.07, 6.45) is 0.276. The van der Waals surface area contributed by atoms with E-state index in [2.05, 4.69) is 10.6 Å². The fourth-order valence-corrected chi connectivity index (χ4v) is 3.55. The summed E-state index contributed by atoms with van der Waals surface area (Å²) in [5.41, 5.74) is 1.74. The Balaban J connectivity index is 1.91. The van der Waals surface area contributed by atoms with Gasteiger partial charge in [-0.3, -0.25) is 4.79 Å². The summed E-state index contributed by atoms with van der Waals surface area (Å²) in [4.78, 5) is 24.4. The van der Waals surface area contributed by atoms with Gasteiger partial charge in [0, 0.05) is 12.8 Å². The maximum atomic E-state index is 12.4. The molecule has 0 fully saturated rings. The lowest BCUT2D eigenvalue weighted by atomic mass is 10.2. The van der Waals surface area contributed by atoms with Gasteiger partial charge < -0.3 is 15.4 Å². The lowest BCUT2D eigenvalue weighted by molar-refractivity contribution is -0.123. The normalized spacial score (nSPS) is 12.2. The molecule has 1 atom stereocenters. The molecule has 2 amide bonds. The molecule has 2 N–H and O–H groups in total. The predicted octanol–water partition coefficient (Wildman–Crippen LogP) is 2.09. The van der Waals surface area contributed by atoms with Gasteiger partial charge >= 0.3 is 6.09 Å². The van der Waals surface area contributed by atoms with Gasteiger partial charge in [0.25, 0.3) is 0 Å². The van der Waals surface area contributed by atoms with E-state index in [4.69, 9.17) is 4.74 Å². The van der Waals surface area contributed by atoms with Crippen molar-refractivity contribution in [3.8, 4) is 0 Å². The standard InChI is InChI=1S/C18H22N2O5S2/c1-27(23,24)10-8-16(17(21)19-11-15-7-9-26-13-15)20-18(22)25-12-14-5-3-2-4-6-14/h2-7,9,13,16H,8,10-12H2,1H3,(H,19,21)(H,20,22). The Kier molecular flexibility index (Phi) is 7.81. The summed E-state index contributed by atoms with van der Waals surface area (Å²) in [6, 6.07) is 9.99. The van der Waals surface area contributed by atoms with Gasteiger partial charge in [0.05, 0.1) is 5.75 Å². The number of ether oxygens (including phenoxy) is 1. The highest BCUT2D eigenvalue weighted by Crippen LogP contribution is 2.06. The third kappa shape index (κ3) is 8.23. The highest BCUT2D eigenvalue weighted by atomic mass is 32.2. The maximum Gasteiger partial charge on any atom is 0.408 e. The molecule has 0 radical (unpaired) electrons. The Morgan fingerprint density at radius 3 is 2.52 bits per heavy atom. The molecule has 0 bridgehead atoms. The first-order valence-corrected chi connectivity index (χ1v) is 11.3. The topological polar surface area (TPSA) is 102 Å². The largest absolute Gasteiger partial charge is 0.445 e. The molecule has 1 heterocycles. The van der Waals surface area contributed by atoms with Gasteiger partial charge in [0.1, 0.15) is 22.5 Å². The van der Waals surface area contributed by atoms with Crippen LogP contribution in [0.5, 0.6) is 0 Å². The van der Waals surface area contributed by atoms with Gasteiger partial charge in [0.15, 0.2) is 0 Å². The van der Waals surface area contributed by atoms with Crippen molar-refractivity contribution in [2.75, 3.05) is 12.0 Å². The van der Waals surface area contributed by atoms with Crippen molar-refractivity contribution in [3.63, 3.8) is 0 Å². The Hall–Kier alpha value is -2.39. The minimum atomic E-state index is -3.27. The number of nitrogens with one attached hydrogen (secondary N) is 2. The fraction of sp³-hybridized carbons (Fsp3) is 0.333. The van der Waals surface area contributed by atoms with Gasteiger partial charge in [-0.05, 0) is 34.4 Å². The third-order valence-electron chi connectivity index (χ3n) is 3.65. The zero-order valence-electron chi connectivity index (χ0n) is 14.9. The Morgan fingerprint density at radius 1 is 1.15 bits per heavy atom. The molecule has 27 heavy (non-hydrogen) atoms. The van der Waals surface area contributed by atoms with Crippen LogP contribution in [0, 0.1) is 0 Å². The minimum Gasteiger partial charge on any atom is -0.445 e. The highest BCUT2D eigenvalue weighted by Gasteiger charge is 2.23. The van der Waals surface area contributed by atoms with Gasteiger partial charge in [-0.25, -0.2) is 13.2 Å². The molecule has 0 aliphatic carbocycles. The molecule has 2 rings (SSSR count). The van der Waals surface area contributed by atoms with Gasteiger partial charge in [-0.15, -0.1) is 0 Å². The monoisotopic (exact) mass is 410 g/mol. The molecule has 0 aliphatic rings. The first-order chi connectivity index (χ1) is 12.8. The minimum absolute atomic E-state index is 0.0330. The van der Waals surface area contributed by atoms with Gasteiger partial charge in [0.2, 0.25) is 5.91 Å². The Morgan fingerprint density at radius 2 is 1.89 bits per heavy atom. The number of carbonyl (C=O) groups excluding carboxylic acids is 2. The molecule has 0 saturated heterocycles. The summed E-state index contributed by atoms with van der Waals surface area (Å²) in [5.74, 6) is -0.677. The zero-order valence-corrected chi connectivity index (χ0v) is 16.5. The molecule has 0 aliphatic heterocycles. The number of carbonyl (C=O) groups is 2. The van der Waals surface area contributed by atoms with Crippen molar-refractivity contribution < 1.29 is 22.7 Å². The van der Waals surface area contributed by atoms with Crippen molar-refractivity contribution in [1.82, 2.24) is 10.6 Å². The second-order valence-electron chi connectivity index (χ2n) is 6.03. The molecule has 1 aromatic heterocycles. The number of alkyl carbamates (subject to hydrolysis) is 1. The summed E-state index contributed by atoms with van der Waals surface area (Å²) in [5, 5.41) is 8.94. The van der Waals surface area contributed by atoms with E-state index in [1.807, 2.05) is 47.2 Å². The average molecular weight is 411 g/mol. The van der Waals surface area contributed by atoms with Crippen molar-refractivity contribution in [2.24, 2.45) is 0 Å². The van der Waals surface area contributed by atoms with E-state index < -0.39 is 27.9 Å². The number of amides is 2. The van der Waals surface area contributed by atoms with E-state index in [1.165, 1.54) is 11.3 Å². The van der Waals surface area contributed by atoms with E-state index in [0.29, 0.717) is 6.54 Å². The molecule has 0 saturated carbocycles. The van der Waals surface area contributed by atoms with Crippen LogP contribution in [-0.4, -0.2) is 38.5 Å². The number of hydrogen-bond acceptors (Lipinski definition) is 6. The molecular weight excluding hydrogens is 388 g/mol. The molecule has 0 spiro atoms. The van der Waals surface area contributed by atoms with Crippen molar-refractivity contribution in [2.45, 2.75) is 25.6 Å². The van der Waals surface area contributed by atoms with Crippen LogP contribution in [0.2, 0.25) is 0 Å². The SMILES string of the molecule is CS(=O)(=O)CCC(NC(=O)OCc1ccccc1)C(=O)NCc1ccsc1. The molecular formula is C18H22N2O5S2. The maximum absolute atomic E-state index is 12.4. The highest BCUT2D eigenvalue weighted by molar-refractivity contribution is 7.90. The molecule has 146 valence electrons. The lowest BCUT2D eigenvalue weighted by Crippen LogP contribution is -2.47. The van der Waals surface area contributed by atoms with Crippen LogP contribution in [0.4, 0.5) is 4.79 Å². The quantitative estimate of drug-likeness (QED) is 0.659. The van der Waals surface area contributed by atoms with Gasteiger partial charge in [-0.1, -0.05) is 30.3 Å².